The molecule has 0 aliphatic carbocycles. The quantitative estimate of drug-likeness (QED) is 0.226. The summed E-state index contributed by atoms with van der Waals surface area (Å²) >= 11 is 6.70. The number of nitrogens with one attached hydrogen (secondary N) is 1. The number of carbonyl (C=O) groups is 2. The van der Waals surface area contributed by atoms with Gasteiger partial charge in [0.15, 0.2) is 0 Å². The van der Waals surface area contributed by atoms with E-state index in [1.165, 1.54) is 6.21 Å². The summed E-state index contributed by atoms with van der Waals surface area (Å²) in [5.41, 5.74) is 3.91. The van der Waals surface area contributed by atoms with Gasteiger partial charge < -0.3 is 4.74 Å². The summed E-state index contributed by atoms with van der Waals surface area (Å²) in [5.74, 6) is -0.489. The average Bonchev–Trinajstić information content (AvgIpc) is 2.71. The summed E-state index contributed by atoms with van der Waals surface area (Å²) in [7, 11) is 0. The third-order valence-electron chi connectivity index (χ3n) is 3.66. The Hall–Kier alpha value is -2.77. The van der Waals surface area contributed by atoms with Gasteiger partial charge in [-0.2, -0.15) is 5.10 Å². The fourth-order valence-electron chi connectivity index (χ4n) is 2.27. The van der Waals surface area contributed by atoms with E-state index in [9.17, 15) is 9.59 Å². The third-order valence-corrected chi connectivity index (χ3v) is 4.68. The van der Waals surface area contributed by atoms with E-state index in [-0.39, 0.29) is 5.91 Å². The van der Waals surface area contributed by atoms with Gasteiger partial charge in [0.1, 0.15) is 5.75 Å². The molecule has 3 rings (SSSR count). The van der Waals surface area contributed by atoms with Crippen LogP contribution in [0.3, 0.4) is 0 Å². The number of esters is 1. The Morgan fingerprint density at radius 3 is 2.25 bits per heavy atom. The molecule has 0 spiro atoms. The molecular weight excluding hydrogens is 488 g/mol. The van der Waals surface area contributed by atoms with Gasteiger partial charge in [0, 0.05) is 20.1 Å². The molecule has 140 valence electrons. The van der Waals surface area contributed by atoms with Crippen molar-refractivity contribution >= 4 is 50.0 Å². The van der Waals surface area contributed by atoms with E-state index < -0.39 is 5.97 Å². The molecular formula is C21H14Br2N2O3. The van der Waals surface area contributed by atoms with Crippen molar-refractivity contribution in [1.29, 1.82) is 0 Å². The summed E-state index contributed by atoms with van der Waals surface area (Å²) < 4.78 is 7.14. The van der Waals surface area contributed by atoms with Crippen molar-refractivity contribution in [2.75, 3.05) is 0 Å². The van der Waals surface area contributed by atoms with Crippen LogP contribution in [0.2, 0.25) is 0 Å². The Balaban J connectivity index is 1.73. The number of hydrogen-bond donors (Lipinski definition) is 1. The van der Waals surface area contributed by atoms with Gasteiger partial charge in [-0.1, -0.05) is 50.1 Å². The van der Waals surface area contributed by atoms with Crippen LogP contribution in [0.5, 0.6) is 5.75 Å². The predicted octanol–water partition coefficient (Wildman–Crippen LogP) is 5.19. The minimum Gasteiger partial charge on any atom is -0.422 e. The number of hydrazone groups is 1. The van der Waals surface area contributed by atoms with Crippen molar-refractivity contribution in [3.63, 3.8) is 0 Å². The van der Waals surface area contributed by atoms with Crippen LogP contribution < -0.4 is 10.2 Å². The first kappa shape index (κ1) is 20.0. The number of rotatable bonds is 5. The van der Waals surface area contributed by atoms with Crippen molar-refractivity contribution in [2.45, 2.75) is 0 Å². The van der Waals surface area contributed by atoms with E-state index in [0.29, 0.717) is 22.4 Å². The third kappa shape index (κ3) is 5.37. The fraction of sp³-hybridized carbons (Fsp3) is 0. The number of ether oxygens (including phenoxy) is 1. The zero-order valence-corrected chi connectivity index (χ0v) is 17.6. The van der Waals surface area contributed by atoms with Crippen molar-refractivity contribution in [3.8, 4) is 5.75 Å². The lowest BCUT2D eigenvalue weighted by atomic mass is 10.2. The summed E-state index contributed by atoms with van der Waals surface area (Å²) in [6.07, 6.45) is 1.43. The Morgan fingerprint density at radius 2 is 1.54 bits per heavy atom. The van der Waals surface area contributed by atoms with E-state index in [1.54, 1.807) is 66.7 Å². The van der Waals surface area contributed by atoms with E-state index in [2.05, 4.69) is 42.4 Å². The smallest absolute Gasteiger partial charge is 0.343 e. The lowest BCUT2D eigenvalue weighted by Gasteiger charge is -2.08. The molecule has 1 amide bonds. The molecule has 0 aromatic heterocycles. The van der Waals surface area contributed by atoms with Crippen LogP contribution in [-0.2, 0) is 0 Å². The molecule has 0 fully saturated rings. The van der Waals surface area contributed by atoms with Crippen molar-refractivity contribution < 1.29 is 14.3 Å². The molecule has 3 aromatic rings. The number of benzene rings is 3. The Morgan fingerprint density at radius 1 is 0.857 bits per heavy atom. The topological polar surface area (TPSA) is 67.8 Å². The molecule has 0 radical (unpaired) electrons. The molecule has 28 heavy (non-hydrogen) atoms. The molecule has 3 aromatic carbocycles. The highest BCUT2D eigenvalue weighted by Gasteiger charge is 2.11. The minimum absolute atomic E-state index is 0.332. The Kier molecular flexibility index (Phi) is 6.73. The minimum atomic E-state index is -0.475. The van der Waals surface area contributed by atoms with E-state index in [0.717, 1.165) is 8.95 Å². The van der Waals surface area contributed by atoms with Crippen LogP contribution >= 0.6 is 31.9 Å². The summed E-state index contributed by atoms with van der Waals surface area (Å²) in [6.45, 7) is 0. The largest absolute Gasteiger partial charge is 0.422 e. The van der Waals surface area contributed by atoms with Gasteiger partial charge in [-0.25, -0.2) is 10.2 Å². The van der Waals surface area contributed by atoms with Crippen LogP contribution in [0.15, 0.2) is 86.8 Å². The van der Waals surface area contributed by atoms with Gasteiger partial charge in [-0.05, 0) is 54.6 Å². The summed E-state index contributed by atoms with van der Waals surface area (Å²) in [6, 6.07) is 20.8. The normalized spacial score (nSPS) is 10.6. The number of halogens is 2. The summed E-state index contributed by atoms with van der Waals surface area (Å²) in [5, 5.41) is 3.97. The number of amides is 1. The van der Waals surface area contributed by atoms with E-state index in [4.69, 9.17) is 4.74 Å². The second kappa shape index (κ2) is 9.43. The second-order valence-electron chi connectivity index (χ2n) is 5.64. The van der Waals surface area contributed by atoms with Gasteiger partial charge in [0.2, 0.25) is 0 Å². The first-order valence-corrected chi connectivity index (χ1v) is 9.77. The predicted molar refractivity (Wildman–Crippen MR) is 115 cm³/mol. The Bertz CT molecular complexity index is 1020. The highest BCUT2D eigenvalue weighted by molar-refractivity contribution is 9.10. The van der Waals surface area contributed by atoms with Crippen LogP contribution in [0.4, 0.5) is 0 Å². The molecule has 0 atom stereocenters. The molecule has 0 saturated heterocycles. The standard InChI is InChI=1S/C21H14Br2N2O3/c22-17-8-6-14(7-9-17)20(26)25-24-13-16-12-18(23)10-11-19(16)28-21(27)15-4-2-1-3-5-15/h1-13H,(H,25,26). The maximum atomic E-state index is 12.3. The van der Waals surface area contributed by atoms with Gasteiger partial charge >= 0.3 is 5.97 Å². The van der Waals surface area contributed by atoms with Gasteiger partial charge in [-0.15, -0.1) is 0 Å². The molecule has 7 heteroatoms. The molecule has 0 aliphatic heterocycles. The van der Waals surface area contributed by atoms with E-state index >= 15 is 0 Å². The summed E-state index contributed by atoms with van der Waals surface area (Å²) in [4.78, 5) is 24.4. The first-order chi connectivity index (χ1) is 13.5. The Labute approximate surface area is 178 Å². The van der Waals surface area contributed by atoms with Gasteiger partial charge in [0.25, 0.3) is 5.91 Å². The average molecular weight is 502 g/mol. The van der Waals surface area contributed by atoms with Gasteiger partial charge in [-0.3, -0.25) is 4.79 Å². The van der Waals surface area contributed by atoms with Crippen LogP contribution in [-0.4, -0.2) is 18.1 Å². The van der Waals surface area contributed by atoms with Gasteiger partial charge in [0.05, 0.1) is 11.8 Å². The molecule has 5 nitrogen and oxygen atoms in total. The highest BCUT2D eigenvalue weighted by atomic mass is 79.9. The monoisotopic (exact) mass is 500 g/mol. The molecule has 0 saturated carbocycles. The maximum absolute atomic E-state index is 12.3. The number of hydrogen-bond acceptors (Lipinski definition) is 4. The molecule has 0 bridgehead atoms. The van der Waals surface area contributed by atoms with Crippen molar-refractivity contribution in [2.24, 2.45) is 5.10 Å². The van der Waals surface area contributed by atoms with Crippen LogP contribution in [0.1, 0.15) is 26.3 Å². The zero-order chi connectivity index (χ0) is 19.9. The molecule has 0 heterocycles. The zero-order valence-electron chi connectivity index (χ0n) is 14.4. The maximum Gasteiger partial charge on any atom is 0.343 e. The van der Waals surface area contributed by atoms with Crippen LogP contribution in [0.25, 0.3) is 0 Å². The molecule has 1 N–H and O–H groups in total. The van der Waals surface area contributed by atoms with Crippen LogP contribution in [0, 0.1) is 0 Å². The highest BCUT2D eigenvalue weighted by Crippen LogP contribution is 2.23. The van der Waals surface area contributed by atoms with E-state index in [1.807, 2.05) is 6.07 Å². The molecule has 0 unspecified atom stereocenters. The first-order valence-electron chi connectivity index (χ1n) is 8.19. The lowest BCUT2D eigenvalue weighted by Crippen LogP contribution is -2.17. The fourth-order valence-corrected chi connectivity index (χ4v) is 2.92. The number of carbonyl (C=O) groups excluding carboxylic acids is 2. The number of nitrogens with zero attached hydrogens (tertiary/aromatic N) is 1. The molecule has 0 aliphatic rings. The lowest BCUT2D eigenvalue weighted by molar-refractivity contribution is 0.0734. The van der Waals surface area contributed by atoms with Crippen molar-refractivity contribution in [1.82, 2.24) is 5.43 Å². The second-order valence-corrected chi connectivity index (χ2v) is 7.48. The van der Waals surface area contributed by atoms with Crippen molar-refractivity contribution in [3.05, 3.63) is 98.4 Å². The SMILES string of the molecule is O=C(NN=Cc1cc(Br)ccc1OC(=O)c1ccccc1)c1ccc(Br)cc1.